The molecule has 0 aliphatic carbocycles. The number of nitrogens with zero attached hydrogens (tertiary/aromatic N) is 2. The van der Waals surface area contributed by atoms with Crippen LogP contribution in [0.5, 0.6) is 0 Å². The molecule has 3 nitrogen and oxygen atoms in total. The highest BCUT2D eigenvalue weighted by Gasteiger charge is 2.18. The van der Waals surface area contributed by atoms with Gasteiger partial charge in [0.25, 0.3) is 5.56 Å². The van der Waals surface area contributed by atoms with Gasteiger partial charge in [-0.05, 0) is 18.2 Å². The summed E-state index contributed by atoms with van der Waals surface area (Å²) in [7, 11) is 0. The minimum Gasteiger partial charge on any atom is -0.291 e. The summed E-state index contributed by atoms with van der Waals surface area (Å²) in [5, 5.41) is 0.695. The largest absolute Gasteiger partial charge is 0.291 e. The summed E-state index contributed by atoms with van der Waals surface area (Å²) in [4.78, 5) is 18.6. The van der Waals surface area contributed by atoms with Gasteiger partial charge in [0, 0.05) is 22.8 Å². The van der Waals surface area contributed by atoms with E-state index in [9.17, 15) is 4.79 Å². The molecule has 0 spiro atoms. The molecular weight excluding hydrogens is 268 g/mol. The third-order valence-corrected chi connectivity index (χ3v) is 4.62. The van der Waals surface area contributed by atoms with Crippen LogP contribution in [0.2, 0.25) is 0 Å². The van der Waals surface area contributed by atoms with Crippen LogP contribution in [0.1, 0.15) is 0 Å². The first-order chi connectivity index (χ1) is 9.84. The number of aromatic nitrogens is 2. The van der Waals surface area contributed by atoms with Crippen LogP contribution in [0.25, 0.3) is 22.3 Å². The fraction of sp³-hybridized carbons (Fsp3) is 0.125. The number of benzene rings is 2. The quantitative estimate of drug-likeness (QED) is 0.634. The van der Waals surface area contributed by atoms with Crippen molar-refractivity contribution in [3.63, 3.8) is 0 Å². The zero-order valence-corrected chi connectivity index (χ0v) is 11.6. The Morgan fingerprint density at radius 1 is 1.05 bits per heavy atom. The summed E-state index contributed by atoms with van der Waals surface area (Å²) in [6, 6.07) is 15.7. The van der Waals surface area contributed by atoms with E-state index in [0.29, 0.717) is 11.9 Å². The van der Waals surface area contributed by atoms with Crippen LogP contribution in [0.15, 0.2) is 58.2 Å². The molecule has 98 valence electrons. The molecule has 0 unspecified atom stereocenters. The summed E-state index contributed by atoms with van der Waals surface area (Å²) < 4.78 is 1.81. The van der Waals surface area contributed by atoms with Gasteiger partial charge in [0.1, 0.15) is 5.82 Å². The van der Waals surface area contributed by atoms with Crippen LogP contribution in [-0.2, 0) is 6.54 Å². The monoisotopic (exact) mass is 280 g/mol. The summed E-state index contributed by atoms with van der Waals surface area (Å²) in [5.74, 6) is 1.68. The second kappa shape index (κ2) is 4.49. The van der Waals surface area contributed by atoms with Crippen molar-refractivity contribution >= 4 is 22.7 Å². The third-order valence-electron chi connectivity index (χ3n) is 3.56. The Kier molecular flexibility index (Phi) is 2.63. The van der Waals surface area contributed by atoms with Crippen molar-refractivity contribution in [2.45, 2.75) is 11.4 Å². The molecule has 0 atom stereocenters. The van der Waals surface area contributed by atoms with E-state index in [1.165, 1.54) is 4.90 Å². The number of hydrogen-bond acceptors (Lipinski definition) is 3. The number of hydrogen-bond donors (Lipinski definition) is 0. The molecule has 4 rings (SSSR count). The van der Waals surface area contributed by atoms with Gasteiger partial charge in [0.15, 0.2) is 0 Å². The summed E-state index contributed by atoms with van der Waals surface area (Å²) >= 11 is 1.78. The molecule has 4 heteroatoms. The van der Waals surface area contributed by atoms with Crippen LogP contribution >= 0.6 is 11.8 Å². The average Bonchev–Trinajstić information content (AvgIpc) is 2.68. The molecule has 2 aromatic carbocycles. The van der Waals surface area contributed by atoms with Crippen LogP contribution in [0.3, 0.4) is 0 Å². The predicted molar refractivity (Wildman–Crippen MR) is 82.2 cm³/mol. The van der Waals surface area contributed by atoms with Gasteiger partial charge in [-0.15, -0.1) is 11.8 Å². The third kappa shape index (κ3) is 1.68. The van der Waals surface area contributed by atoms with Crippen molar-refractivity contribution in [3.8, 4) is 11.4 Å². The van der Waals surface area contributed by atoms with E-state index in [-0.39, 0.29) is 5.56 Å². The average molecular weight is 280 g/mol. The molecular formula is C16H12N2OS. The fourth-order valence-electron chi connectivity index (χ4n) is 2.61. The zero-order valence-electron chi connectivity index (χ0n) is 10.7. The van der Waals surface area contributed by atoms with Crippen LogP contribution in [-0.4, -0.2) is 15.3 Å². The number of rotatable bonds is 0. The van der Waals surface area contributed by atoms with Crippen molar-refractivity contribution in [3.05, 3.63) is 58.9 Å². The van der Waals surface area contributed by atoms with Gasteiger partial charge >= 0.3 is 0 Å². The molecule has 2 heterocycles. The Morgan fingerprint density at radius 3 is 2.80 bits per heavy atom. The van der Waals surface area contributed by atoms with Crippen molar-refractivity contribution < 1.29 is 0 Å². The van der Waals surface area contributed by atoms with Crippen molar-refractivity contribution in [1.29, 1.82) is 0 Å². The highest BCUT2D eigenvalue weighted by molar-refractivity contribution is 7.99. The minimum absolute atomic E-state index is 0.0582. The number of fused-ring (bicyclic) bond motifs is 4. The lowest BCUT2D eigenvalue weighted by Crippen LogP contribution is -2.23. The van der Waals surface area contributed by atoms with Crippen LogP contribution in [0.4, 0.5) is 0 Å². The molecule has 20 heavy (non-hydrogen) atoms. The molecule has 0 radical (unpaired) electrons. The molecule has 1 aromatic heterocycles. The molecule has 0 amide bonds. The Hall–Kier alpha value is -2.07. The second-order valence-electron chi connectivity index (χ2n) is 4.75. The molecule has 1 aliphatic rings. The lowest BCUT2D eigenvalue weighted by molar-refractivity contribution is 0.739. The molecule has 0 bridgehead atoms. The molecule has 0 N–H and O–H groups in total. The normalized spacial score (nSPS) is 13.6. The Morgan fingerprint density at radius 2 is 1.85 bits per heavy atom. The van der Waals surface area contributed by atoms with E-state index in [1.807, 2.05) is 42.5 Å². The van der Waals surface area contributed by atoms with Gasteiger partial charge in [0.2, 0.25) is 0 Å². The van der Waals surface area contributed by atoms with E-state index in [2.05, 4.69) is 6.07 Å². The standard InChI is InChI=1S/C16H12N2OS/c19-16-11-5-1-3-7-13(11)17-15-12-6-2-4-8-14(12)20-10-9-18(15)16/h1-8H,9-10H2. The maximum atomic E-state index is 12.6. The van der Waals surface area contributed by atoms with E-state index in [4.69, 9.17) is 4.98 Å². The lowest BCUT2D eigenvalue weighted by Gasteiger charge is -2.11. The summed E-state index contributed by atoms with van der Waals surface area (Å²) in [5.41, 5.74) is 1.88. The van der Waals surface area contributed by atoms with E-state index in [1.54, 1.807) is 16.3 Å². The fourth-order valence-corrected chi connectivity index (χ4v) is 3.59. The predicted octanol–water partition coefficient (Wildman–Crippen LogP) is 3.17. The maximum absolute atomic E-state index is 12.6. The maximum Gasteiger partial charge on any atom is 0.261 e. The number of thioether (sulfide) groups is 1. The Labute approximate surface area is 120 Å². The molecule has 3 aromatic rings. The van der Waals surface area contributed by atoms with Gasteiger partial charge < -0.3 is 0 Å². The highest BCUT2D eigenvalue weighted by atomic mass is 32.2. The minimum atomic E-state index is 0.0582. The molecule has 1 aliphatic heterocycles. The molecule has 0 saturated carbocycles. The van der Waals surface area contributed by atoms with Crippen LogP contribution < -0.4 is 5.56 Å². The van der Waals surface area contributed by atoms with Crippen molar-refractivity contribution in [2.75, 3.05) is 5.75 Å². The highest BCUT2D eigenvalue weighted by Crippen LogP contribution is 2.33. The number of para-hydroxylation sites is 1. The Balaban J connectivity index is 2.14. The first-order valence-corrected chi connectivity index (χ1v) is 7.55. The van der Waals surface area contributed by atoms with Gasteiger partial charge in [-0.1, -0.05) is 30.3 Å². The Bertz CT molecular complexity index is 870. The van der Waals surface area contributed by atoms with Crippen molar-refractivity contribution in [2.24, 2.45) is 0 Å². The van der Waals surface area contributed by atoms with Gasteiger partial charge in [0.05, 0.1) is 10.9 Å². The SMILES string of the molecule is O=c1c2ccccc2nc2n1CCSc1ccccc1-2. The van der Waals surface area contributed by atoms with Gasteiger partial charge in [-0.2, -0.15) is 0 Å². The van der Waals surface area contributed by atoms with E-state index < -0.39 is 0 Å². The first-order valence-electron chi connectivity index (χ1n) is 6.56. The first kappa shape index (κ1) is 11.7. The second-order valence-corrected chi connectivity index (χ2v) is 5.89. The van der Waals surface area contributed by atoms with Crippen LogP contribution in [0, 0.1) is 0 Å². The van der Waals surface area contributed by atoms with Gasteiger partial charge in [-0.3, -0.25) is 9.36 Å². The summed E-state index contributed by atoms with van der Waals surface area (Å²) in [6.07, 6.45) is 0. The van der Waals surface area contributed by atoms with Crippen molar-refractivity contribution in [1.82, 2.24) is 9.55 Å². The molecule has 0 saturated heterocycles. The smallest absolute Gasteiger partial charge is 0.261 e. The summed E-state index contributed by atoms with van der Waals surface area (Å²) in [6.45, 7) is 0.700. The lowest BCUT2D eigenvalue weighted by atomic mass is 10.2. The van der Waals surface area contributed by atoms with Gasteiger partial charge in [-0.25, -0.2) is 4.98 Å². The molecule has 0 fully saturated rings. The topological polar surface area (TPSA) is 34.9 Å². The zero-order chi connectivity index (χ0) is 13.5. The van der Waals surface area contributed by atoms with E-state index >= 15 is 0 Å². The van der Waals surface area contributed by atoms with E-state index in [0.717, 1.165) is 22.7 Å².